The number of carbonyl (C=O) groups excluding carboxylic acids is 1. The molecule has 4 aliphatic rings. The van der Waals surface area contributed by atoms with Crippen molar-refractivity contribution < 1.29 is 4.79 Å². The summed E-state index contributed by atoms with van der Waals surface area (Å²) in [5.41, 5.74) is 0.421. The Balaban J connectivity index is 0.000001000. The van der Waals surface area contributed by atoms with Gasteiger partial charge in [0, 0.05) is 18.5 Å². The van der Waals surface area contributed by atoms with Gasteiger partial charge in [0.2, 0.25) is 5.91 Å². The summed E-state index contributed by atoms with van der Waals surface area (Å²) in [6, 6.07) is 0.617. The number of nitrogens with one attached hydrogen (secondary N) is 1. The monoisotopic (exact) mass is 270 g/mol. The first-order valence-electron chi connectivity index (χ1n) is 7.30. The Morgan fingerprint density at radius 3 is 2.61 bits per heavy atom. The first-order chi connectivity index (χ1) is 8.28. The SMILES string of the molecule is Cl.O=C(C1CC12CCNCC2)N1CC2CCC1C2. The molecule has 3 nitrogen and oxygen atoms in total. The number of rotatable bonds is 1. The third-order valence-electron chi connectivity index (χ3n) is 5.78. The van der Waals surface area contributed by atoms with E-state index >= 15 is 0 Å². The molecule has 2 heterocycles. The molecule has 0 radical (unpaired) electrons. The average Bonchev–Trinajstić information content (AvgIpc) is 2.78. The second kappa shape index (κ2) is 4.38. The van der Waals surface area contributed by atoms with Gasteiger partial charge >= 0.3 is 0 Å². The van der Waals surface area contributed by atoms with Gasteiger partial charge in [-0.1, -0.05) is 0 Å². The molecule has 3 atom stereocenters. The molecule has 2 aliphatic heterocycles. The van der Waals surface area contributed by atoms with Crippen molar-refractivity contribution in [3.05, 3.63) is 0 Å². The minimum absolute atomic E-state index is 0. The van der Waals surface area contributed by atoms with Crippen LogP contribution < -0.4 is 5.32 Å². The minimum Gasteiger partial charge on any atom is -0.339 e. The van der Waals surface area contributed by atoms with Crippen molar-refractivity contribution in [1.82, 2.24) is 10.2 Å². The van der Waals surface area contributed by atoms with Gasteiger partial charge in [-0.15, -0.1) is 12.4 Å². The van der Waals surface area contributed by atoms with Gasteiger partial charge in [0.05, 0.1) is 0 Å². The summed E-state index contributed by atoms with van der Waals surface area (Å²) in [5, 5.41) is 3.41. The summed E-state index contributed by atoms with van der Waals surface area (Å²) >= 11 is 0. The fraction of sp³-hybridized carbons (Fsp3) is 0.929. The van der Waals surface area contributed by atoms with E-state index in [1.165, 1.54) is 38.5 Å². The topological polar surface area (TPSA) is 32.3 Å². The third-order valence-corrected chi connectivity index (χ3v) is 5.78. The summed E-state index contributed by atoms with van der Waals surface area (Å²) in [6.07, 6.45) is 7.58. The Kier molecular flexibility index (Phi) is 3.10. The van der Waals surface area contributed by atoms with E-state index in [1.807, 2.05) is 0 Å². The lowest BCUT2D eigenvalue weighted by molar-refractivity contribution is -0.135. The Labute approximate surface area is 115 Å². The van der Waals surface area contributed by atoms with E-state index in [0.717, 1.165) is 25.6 Å². The van der Waals surface area contributed by atoms with Gasteiger partial charge in [0.15, 0.2) is 0 Å². The maximum Gasteiger partial charge on any atom is 0.226 e. The van der Waals surface area contributed by atoms with Gasteiger partial charge in [0.25, 0.3) is 0 Å². The first kappa shape index (κ1) is 12.7. The minimum atomic E-state index is 0. The van der Waals surface area contributed by atoms with Crippen LogP contribution in [-0.4, -0.2) is 36.5 Å². The van der Waals surface area contributed by atoms with Gasteiger partial charge in [0.1, 0.15) is 0 Å². The maximum absolute atomic E-state index is 12.6. The molecule has 4 rings (SSSR count). The summed E-state index contributed by atoms with van der Waals surface area (Å²) in [7, 11) is 0. The van der Waals surface area contributed by atoms with Crippen molar-refractivity contribution >= 4 is 18.3 Å². The fourth-order valence-corrected chi connectivity index (χ4v) is 4.57. The highest BCUT2D eigenvalue weighted by Gasteiger charge is 2.59. The highest BCUT2D eigenvalue weighted by Crippen LogP contribution is 2.60. The number of fused-ring (bicyclic) bond motifs is 2. The molecule has 4 fully saturated rings. The standard InChI is InChI=1S/C14H22N2O.ClH/c17-13(16-9-10-1-2-11(16)7-10)12-8-14(12)3-5-15-6-4-14;/h10-12,15H,1-9H2;1H. The Bertz CT molecular complexity index is 354. The van der Waals surface area contributed by atoms with Crippen LogP contribution in [0.3, 0.4) is 0 Å². The molecule has 2 saturated heterocycles. The van der Waals surface area contributed by atoms with E-state index in [-0.39, 0.29) is 12.4 Å². The summed E-state index contributed by atoms with van der Waals surface area (Å²) in [4.78, 5) is 14.8. The van der Waals surface area contributed by atoms with E-state index in [0.29, 0.717) is 23.3 Å². The second-order valence-electron chi connectivity index (χ2n) is 6.69. The Morgan fingerprint density at radius 2 is 2.00 bits per heavy atom. The maximum atomic E-state index is 12.6. The predicted octanol–water partition coefficient (Wildman–Crippen LogP) is 1.81. The normalized spacial score (nSPS) is 39.8. The number of nitrogens with zero attached hydrogens (tertiary/aromatic N) is 1. The predicted molar refractivity (Wildman–Crippen MR) is 72.7 cm³/mol. The third kappa shape index (κ3) is 1.78. The Morgan fingerprint density at radius 1 is 1.22 bits per heavy atom. The van der Waals surface area contributed by atoms with Gasteiger partial charge < -0.3 is 10.2 Å². The number of amides is 1. The molecule has 0 aromatic heterocycles. The van der Waals surface area contributed by atoms with Gasteiger partial charge in [-0.3, -0.25) is 4.79 Å². The lowest BCUT2D eigenvalue weighted by atomic mass is 9.91. The zero-order valence-corrected chi connectivity index (χ0v) is 11.7. The number of halogens is 1. The first-order valence-corrected chi connectivity index (χ1v) is 7.30. The molecular formula is C14H23ClN2O. The lowest BCUT2D eigenvalue weighted by Gasteiger charge is -2.29. The van der Waals surface area contributed by atoms with Gasteiger partial charge in [-0.05, 0) is 62.9 Å². The number of hydrogen-bond donors (Lipinski definition) is 1. The highest BCUT2D eigenvalue weighted by atomic mass is 35.5. The van der Waals surface area contributed by atoms with Gasteiger partial charge in [-0.25, -0.2) is 0 Å². The molecule has 3 unspecified atom stereocenters. The zero-order chi connectivity index (χ0) is 11.5. The van der Waals surface area contributed by atoms with E-state index in [4.69, 9.17) is 0 Å². The van der Waals surface area contributed by atoms with Crippen molar-refractivity contribution in [2.75, 3.05) is 19.6 Å². The van der Waals surface area contributed by atoms with Crippen molar-refractivity contribution in [3.8, 4) is 0 Å². The van der Waals surface area contributed by atoms with E-state index in [9.17, 15) is 4.79 Å². The van der Waals surface area contributed by atoms with Crippen molar-refractivity contribution in [1.29, 1.82) is 0 Å². The molecule has 0 aromatic rings. The van der Waals surface area contributed by atoms with E-state index in [1.54, 1.807) is 0 Å². The number of carbonyl (C=O) groups is 1. The van der Waals surface area contributed by atoms with Crippen LogP contribution in [0.25, 0.3) is 0 Å². The van der Waals surface area contributed by atoms with Crippen LogP contribution in [0.1, 0.15) is 38.5 Å². The van der Waals surface area contributed by atoms with E-state index in [2.05, 4.69) is 10.2 Å². The molecule has 2 bridgehead atoms. The summed E-state index contributed by atoms with van der Waals surface area (Å²) < 4.78 is 0. The van der Waals surface area contributed by atoms with Crippen LogP contribution in [0.4, 0.5) is 0 Å². The summed E-state index contributed by atoms with van der Waals surface area (Å²) in [6.45, 7) is 3.32. The molecule has 1 amide bonds. The molecule has 2 saturated carbocycles. The van der Waals surface area contributed by atoms with Crippen LogP contribution in [0.2, 0.25) is 0 Å². The molecular weight excluding hydrogens is 248 g/mol. The van der Waals surface area contributed by atoms with E-state index < -0.39 is 0 Å². The fourth-order valence-electron chi connectivity index (χ4n) is 4.57. The summed E-state index contributed by atoms with van der Waals surface area (Å²) in [5.74, 6) is 1.75. The van der Waals surface area contributed by atoms with Crippen LogP contribution in [0, 0.1) is 17.3 Å². The number of piperidine rings is 2. The number of likely N-dealkylation sites (tertiary alicyclic amines) is 1. The molecule has 18 heavy (non-hydrogen) atoms. The van der Waals surface area contributed by atoms with Crippen LogP contribution in [0.15, 0.2) is 0 Å². The van der Waals surface area contributed by atoms with Crippen LogP contribution in [0.5, 0.6) is 0 Å². The zero-order valence-electron chi connectivity index (χ0n) is 10.9. The molecule has 102 valence electrons. The van der Waals surface area contributed by atoms with Crippen LogP contribution in [-0.2, 0) is 4.79 Å². The molecule has 1 N–H and O–H groups in total. The van der Waals surface area contributed by atoms with Crippen molar-refractivity contribution in [2.45, 2.75) is 44.6 Å². The molecule has 4 heteroatoms. The number of hydrogen-bond acceptors (Lipinski definition) is 2. The molecule has 0 aromatic carbocycles. The molecule has 2 aliphatic carbocycles. The lowest BCUT2D eigenvalue weighted by Crippen LogP contribution is -2.40. The highest BCUT2D eigenvalue weighted by molar-refractivity contribution is 5.85. The quantitative estimate of drug-likeness (QED) is 0.788. The largest absolute Gasteiger partial charge is 0.339 e. The molecule has 1 spiro atoms. The Hall–Kier alpha value is -0.280. The van der Waals surface area contributed by atoms with Gasteiger partial charge in [-0.2, -0.15) is 0 Å². The van der Waals surface area contributed by atoms with Crippen molar-refractivity contribution in [3.63, 3.8) is 0 Å². The van der Waals surface area contributed by atoms with Crippen LogP contribution >= 0.6 is 12.4 Å². The van der Waals surface area contributed by atoms with Crippen molar-refractivity contribution in [2.24, 2.45) is 17.3 Å². The second-order valence-corrected chi connectivity index (χ2v) is 6.69. The smallest absolute Gasteiger partial charge is 0.226 e. The average molecular weight is 271 g/mol.